The van der Waals surface area contributed by atoms with Gasteiger partial charge in [0.2, 0.25) is 0 Å². The van der Waals surface area contributed by atoms with E-state index in [-0.39, 0.29) is 12.6 Å². The van der Waals surface area contributed by atoms with E-state index >= 15 is 0 Å². The summed E-state index contributed by atoms with van der Waals surface area (Å²) in [5, 5.41) is 17.9. The standard InChI is InChI=1S/C11H16N2O3S/c1-3-11(2,9(14)15)7-12-10(16)13-8-4-5-17-6-8/h4-6H,3,7H2,1-2H3,(H,14,15)(H2,12,13,16). The zero-order valence-electron chi connectivity index (χ0n) is 9.82. The highest BCUT2D eigenvalue weighted by Gasteiger charge is 2.31. The van der Waals surface area contributed by atoms with Gasteiger partial charge in [0.25, 0.3) is 0 Å². The summed E-state index contributed by atoms with van der Waals surface area (Å²) in [5.41, 5.74) is -0.215. The van der Waals surface area contributed by atoms with Crippen LogP contribution in [0.1, 0.15) is 20.3 Å². The molecule has 1 rings (SSSR count). The van der Waals surface area contributed by atoms with E-state index in [1.165, 1.54) is 11.3 Å². The van der Waals surface area contributed by atoms with Crippen molar-refractivity contribution in [2.24, 2.45) is 5.41 Å². The van der Waals surface area contributed by atoms with Crippen molar-refractivity contribution in [3.63, 3.8) is 0 Å². The largest absolute Gasteiger partial charge is 0.481 e. The molecular formula is C11H16N2O3S. The van der Waals surface area contributed by atoms with Gasteiger partial charge in [0.15, 0.2) is 0 Å². The van der Waals surface area contributed by atoms with Crippen molar-refractivity contribution < 1.29 is 14.7 Å². The molecule has 17 heavy (non-hydrogen) atoms. The van der Waals surface area contributed by atoms with E-state index in [0.29, 0.717) is 12.1 Å². The summed E-state index contributed by atoms with van der Waals surface area (Å²) in [6, 6.07) is 1.39. The number of rotatable bonds is 5. The highest BCUT2D eigenvalue weighted by atomic mass is 32.1. The fourth-order valence-electron chi connectivity index (χ4n) is 1.14. The monoisotopic (exact) mass is 256 g/mol. The Morgan fingerprint density at radius 1 is 1.53 bits per heavy atom. The van der Waals surface area contributed by atoms with Gasteiger partial charge in [-0.1, -0.05) is 6.92 Å². The molecule has 0 saturated carbocycles. The lowest BCUT2D eigenvalue weighted by Crippen LogP contribution is -2.42. The predicted octanol–water partition coefficient (Wildman–Crippen LogP) is 2.37. The van der Waals surface area contributed by atoms with Gasteiger partial charge in [0, 0.05) is 11.9 Å². The Kier molecular flexibility index (Phi) is 4.51. The molecule has 1 unspecified atom stereocenters. The average Bonchev–Trinajstić information content (AvgIpc) is 2.78. The summed E-state index contributed by atoms with van der Waals surface area (Å²) in [5.74, 6) is -0.907. The lowest BCUT2D eigenvalue weighted by atomic mass is 9.88. The van der Waals surface area contributed by atoms with Crippen LogP contribution in [-0.4, -0.2) is 23.7 Å². The molecule has 0 fully saturated rings. The summed E-state index contributed by atoms with van der Waals surface area (Å²) in [7, 11) is 0. The first-order valence-corrected chi connectivity index (χ1v) is 6.22. The number of carboxylic acid groups (broad SMARTS) is 1. The summed E-state index contributed by atoms with van der Waals surface area (Å²) < 4.78 is 0. The third-order valence-electron chi connectivity index (χ3n) is 2.71. The maximum Gasteiger partial charge on any atom is 0.319 e. The molecule has 1 aromatic rings. The van der Waals surface area contributed by atoms with E-state index in [1.54, 1.807) is 25.3 Å². The zero-order valence-corrected chi connectivity index (χ0v) is 10.6. The average molecular weight is 256 g/mol. The first kappa shape index (κ1) is 13.5. The fraction of sp³-hybridized carbons (Fsp3) is 0.455. The number of urea groups is 1. The van der Waals surface area contributed by atoms with E-state index in [1.807, 2.05) is 5.38 Å². The Morgan fingerprint density at radius 3 is 2.71 bits per heavy atom. The number of carbonyl (C=O) groups is 2. The Bertz CT molecular complexity index is 391. The van der Waals surface area contributed by atoms with Crippen molar-refractivity contribution in [3.05, 3.63) is 16.8 Å². The molecule has 0 aromatic carbocycles. The Morgan fingerprint density at radius 2 is 2.24 bits per heavy atom. The molecule has 0 spiro atoms. The van der Waals surface area contributed by atoms with Crippen LogP contribution < -0.4 is 10.6 Å². The normalized spacial score (nSPS) is 13.8. The van der Waals surface area contributed by atoms with Crippen LogP contribution in [-0.2, 0) is 4.79 Å². The van der Waals surface area contributed by atoms with Gasteiger partial charge < -0.3 is 15.7 Å². The molecule has 1 atom stereocenters. The number of hydrogen-bond acceptors (Lipinski definition) is 3. The van der Waals surface area contributed by atoms with Crippen molar-refractivity contribution in [1.29, 1.82) is 0 Å². The molecule has 0 aliphatic heterocycles. The van der Waals surface area contributed by atoms with Gasteiger partial charge in [-0.25, -0.2) is 4.79 Å². The maximum atomic E-state index is 11.5. The van der Waals surface area contributed by atoms with Crippen LogP contribution in [0.5, 0.6) is 0 Å². The Labute approximate surface area is 104 Å². The number of anilines is 1. The Balaban J connectivity index is 2.45. The molecule has 1 aromatic heterocycles. The zero-order chi connectivity index (χ0) is 12.9. The van der Waals surface area contributed by atoms with E-state index < -0.39 is 11.4 Å². The minimum atomic E-state index is -0.925. The van der Waals surface area contributed by atoms with Gasteiger partial charge in [-0.2, -0.15) is 11.3 Å². The van der Waals surface area contributed by atoms with Crippen molar-refractivity contribution in [2.45, 2.75) is 20.3 Å². The number of aliphatic carboxylic acids is 1. The molecule has 0 radical (unpaired) electrons. The summed E-state index contributed by atoms with van der Waals surface area (Å²) in [4.78, 5) is 22.5. The first-order valence-electron chi connectivity index (χ1n) is 5.28. The maximum absolute atomic E-state index is 11.5. The van der Waals surface area contributed by atoms with Crippen LogP contribution in [0.3, 0.4) is 0 Å². The molecule has 0 bridgehead atoms. The smallest absolute Gasteiger partial charge is 0.319 e. The van der Waals surface area contributed by atoms with Gasteiger partial charge in [0.05, 0.1) is 11.1 Å². The number of carbonyl (C=O) groups excluding carboxylic acids is 1. The molecule has 1 heterocycles. The van der Waals surface area contributed by atoms with Gasteiger partial charge in [-0.3, -0.25) is 4.79 Å². The molecule has 5 nitrogen and oxygen atoms in total. The van der Waals surface area contributed by atoms with E-state index in [9.17, 15) is 9.59 Å². The minimum Gasteiger partial charge on any atom is -0.481 e. The summed E-state index contributed by atoms with van der Waals surface area (Å²) in [6.45, 7) is 3.50. The lowest BCUT2D eigenvalue weighted by Gasteiger charge is -2.23. The van der Waals surface area contributed by atoms with Gasteiger partial charge in [-0.05, 0) is 24.8 Å². The van der Waals surface area contributed by atoms with Crippen LogP contribution in [0.15, 0.2) is 16.8 Å². The molecular weight excluding hydrogens is 240 g/mol. The first-order chi connectivity index (χ1) is 7.98. The lowest BCUT2D eigenvalue weighted by molar-refractivity contribution is -0.147. The molecule has 0 aliphatic rings. The van der Waals surface area contributed by atoms with Gasteiger partial charge >= 0.3 is 12.0 Å². The second-order valence-electron chi connectivity index (χ2n) is 4.04. The fourth-order valence-corrected chi connectivity index (χ4v) is 1.73. The second-order valence-corrected chi connectivity index (χ2v) is 4.82. The Hall–Kier alpha value is -1.56. The minimum absolute atomic E-state index is 0.106. The topological polar surface area (TPSA) is 78.4 Å². The molecule has 94 valence electrons. The number of hydrogen-bond donors (Lipinski definition) is 3. The predicted molar refractivity (Wildman–Crippen MR) is 67.4 cm³/mol. The quantitative estimate of drug-likeness (QED) is 0.756. The van der Waals surface area contributed by atoms with Gasteiger partial charge in [0.1, 0.15) is 0 Å². The van der Waals surface area contributed by atoms with Crippen LogP contribution in [0, 0.1) is 5.41 Å². The molecule has 0 aliphatic carbocycles. The van der Waals surface area contributed by atoms with Crippen molar-refractivity contribution in [2.75, 3.05) is 11.9 Å². The van der Waals surface area contributed by atoms with Crippen LogP contribution >= 0.6 is 11.3 Å². The van der Waals surface area contributed by atoms with E-state index in [0.717, 1.165) is 0 Å². The van der Waals surface area contributed by atoms with E-state index in [4.69, 9.17) is 5.11 Å². The van der Waals surface area contributed by atoms with Crippen LogP contribution in [0.2, 0.25) is 0 Å². The third kappa shape index (κ3) is 3.74. The highest BCUT2D eigenvalue weighted by Crippen LogP contribution is 2.20. The SMILES string of the molecule is CCC(C)(CNC(=O)Nc1ccsc1)C(=O)O. The molecule has 6 heteroatoms. The highest BCUT2D eigenvalue weighted by molar-refractivity contribution is 7.08. The van der Waals surface area contributed by atoms with Crippen LogP contribution in [0.4, 0.5) is 10.5 Å². The number of thiophene rings is 1. The van der Waals surface area contributed by atoms with Crippen molar-refractivity contribution in [1.82, 2.24) is 5.32 Å². The van der Waals surface area contributed by atoms with Crippen molar-refractivity contribution in [3.8, 4) is 0 Å². The van der Waals surface area contributed by atoms with Crippen molar-refractivity contribution >= 4 is 29.0 Å². The van der Waals surface area contributed by atoms with E-state index in [2.05, 4.69) is 10.6 Å². The summed E-state index contributed by atoms with van der Waals surface area (Å²) in [6.07, 6.45) is 0.459. The third-order valence-corrected chi connectivity index (χ3v) is 3.40. The molecule has 2 amide bonds. The second kappa shape index (κ2) is 5.67. The van der Waals surface area contributed by atoms with Crippen LogP contribution in [0.25, 0.3) is 0 Å². The number of nitrogens with one attached hydrogen (secondary N) is 2. The number of carboxylic acids is 1. The number of amides is 2. The van der Waals surface area contributed by atoms with Gasteiger partial charge in [-0.15, -0.1) is 0 Å². The summed E-state index contributed by atoms with van der Waals surface area (Å²) >= 11 is 1.48. The molecule has 3 N–H and O–H groups in total. The molecule has 0 saturated heterocycles.